The van der Waals surface area contributed by atoms with E-state index in [1.807, 2.05) is 31.6 Å². The van der Waals surface area contributed by atoms with Crippen LogP contribution in [0.1, 0.15) is 30.3 Å². The molecule has 3 aromatic heterocycles. The van der Waals surface area contributed by atoms with Crippen LogP contribution in [0.25, 0.3) is 11.0 Å². The van der Waals surface area contributed by atoms with Gasteiger partial charge in [0, 0.05) is 37.0 Å². The smallest absolute Gasteiger partial charge is 0.143 e. The Hall–Kier alpha value is -2.41. The predicted octanol–water partition coefficient (Wildman–Crippen LogP) is 2.57. The van der Waals surface area contributed by atoms with Crippen molar-refractivity contribution in [2.24, 2.45) is 5.92 Å². The van der Waals surface area contributed by atoms with Gasteiger partial charge in [-0.05, 0) is 25.8 Å². The molecule has 1 saturated heterocycles. The average molecular weight is 312 g/mol. The standard InChI is InChI=1S/C16H20N6O/c1-10-21-15-13(4-5-17-15)16(22-10)18-7-11-3-2-6-23-14(11)12-8-19-20-9-12/h4-5,8-9,11,14H,2-3,6-7H2,1H3,(H,19,20)(H2,17,18,21,22)/t11-,14+/m0/s1. The first kappa shape index (κ1) is 14.2. The summed E-state index contributed by atoms with van der Waals surface area (Å²) in [4.78, 5) is 12.1. The molecule has 0 bridgehead atoms. The van der Waals surface area contributed by atoms with Gasteiger partial charge in [-0.2, -0.15) is 5.10 Å². The van der Waals surface area contributed by atoms with Gasteiger partial charge in [-0.1, -0.05) is 0 Å². The molecule has 1 aliphatic heterocycles. The van der Waals surface area contributed by atoms with E-state index in [1.54, 1.807) is 0 Å². The Morgan fingerprint density at radius 1 is 1.39 bits per heavy atom. The van der Waals surface area contributed by atoms with Crippen molar-refractivity contribution in [2.45, 2.75) is 25.9 Å². The Morgan fingerprint density at radius 3 is 3.22 bits per heavy atom. The average Bonchev–Trinajstić information content (AvgIpc) is 3.24. The van der Waals surface area contributed by atoms with E-state index in [0.717, 1.165) is 54.2 Å². The highest BCUT2D eigenvalue weighted by molar-refractivity contribution is 5.86. The zero-order valence-corrected chi connectivity index (χ0v) is 13.0. The molecule has 23 heavy (non-hydrogen) atoms. The number of H-pyrrole nitrogens is 2. The third kappa shape index (κ3) is 2.79. The molecule has 120 valence electrons. The molecule has 3 aromatic rings. The van der Waals surface area contributed by atoms with Crippen LogP contribution in [0, 0.1) is 12.8 Å². The lowest BCUT2D eigenvalue weighted by molar-refractivity contribution is -0.0238. The number of ether oxygens (including phenoxy) is 1. The Morgan fingerprint density at radius 2 is 2.35 bits per heavy atom. The molecule has 0 unspecified atom stereocenters. The summed E-state index contributed by atoms with van der Waals surface area (Å²) in [6.45, 7) is 3.52. The number of rotatable bonds is 4. The molecule has 7 nitrogen and oxygen atoms in total. The number of anilines is 1. The molecule has 0 amide bonds. The fourth-order valence-electron chi connectivity index (χ4n) is 3.25. The molecule has 0 radical (unpaired) electrons. The normalized spacial score (nSPS) is 21.6. The van der Waals surface area contributed by atoms with Gasteiger partial charge < -0.3 is 15.0 Å². The van der Waals surface area contributed by atoms with Crippen molar-refractivity contribution in [3.05, 3.63) is 36.0 Å². The van der Waals surface area contributed by atoms with Crippen LogP contribution < -0.4 is 5.32 Å². The molecule has 0 aliphatic carbocycles. The SMILES string of the molecule is Cc1nc(NC[C@@H]2CCCO[C@H]2c2cn[nH]c2)c2cc[nH]c2n1. The number of aryl methyl sites for hydroxylation is 1. The highest BCUT2D eigenvalue weighted by Gasteiger charge is 2.28. The first-order valence-electron chi connectivity index (χ1n) is 7.97. The fourth-order valence-corrected chi connectivity index (χ4v) is 3.25. The summed E-state index contributed by atoms with van der Waals surface area (Å²) in [5.74, 6) is 2.03. The Kier molecular flexibility index (Phi) is 3.70. The van der Waals surface area contributed by atoms with Crippen LogP contribution >= 0.6 is 0 Å². The monoisotopic (exact) mass is 312 g/mol. The maximum atomic E-state index is 5.98. The minimum absolute atomic E-state index is 0.0830. The largest absolute Gasteiger partial charge is 0.373 e. The zero-order chi connectivity index (χ0) is 15.6. The number of nitrogens with zero attached hydrogens (tertiary/aromatic N) is 3. The van der Waals surface area contributed by atoms with Gasteiger partial charge in [0.05, 0.1) is 17.7 Å². The van der Waals surface area contributed by atoms with E-state index in [9.17, 15) is 0 Å². The lowest BCUT2D eigenvalue weighted by Crippen LogP contribution is -2.28. The van der Waals surface area contributed by atoms with Crippen LogP contribution in [-0.2, 0) is 4.74 Å². The predicted molar refractivity (Wildman–Crippen MR) is 87.1 cm³/mol. The minimum atomic E-state index is 0.0830. The third-order valence-corrected chi connectivity index (χ3v) is 4.35. The van der Waals surface area contributed by atoms with E-state index in [4.69, 9.17) is 4.74 Å². The van der Waals surface area contributed by atoms with Crippen LogP contribution in [0.15, 0.2) is 24.7 Å². The van der Waals surface area contributed by atoms with Crippen molar-refractivity contribution in [3.63, 3.8) is 0 Å². The van der Waals surface area contributed by atoms with Gasteiger partial charge in [0.15, 0.2) is 0 Å². The van der Waals surface area contributed by atoms with Crippen molar-refractivity contribution >= 4 is 16.9 Å². The van der Waals surface area contributed by atoms with Crippen LogP contribution in [-0.4, -0.2) is 38.3 Å². The lowest BCUT2D eigenvalue weighted by Gasteiger charge is -2.31. The summed E-state index contributed by atoms with van der Waals surface area (Å²) in [7, 11) is 0. The van der Waals surface area contributed by atoms with Gasteiger partial charge in [0.2, 0.25) is 0 Å². The molecule has 2 atom stereocenters. The lowest BCUT2D eigenvalue weighted by atomic mass is 9.91. The van der Waals surface area contributed by atoms with Crippen molar-refractivity contribution in [1.82, 2.24) is 25.1 Å². The number of aromatic nitrogens is 5. The van der Waals surface area contributed by atoms with Crippen LogP contribution in [0.5, 0.6) is 0 Å². The first-order chi connectivity index (χ1) is 11.3. The summed E-state index contributed by atoms with van der Waals surface area (Å²) >= 11 is 0. The Bertz CT molecular complexity index is 781. The van der Waals surface area contributed by atoms with Gasteiger partial charge in [-0.25, -0.2) is 9.97 Å². The van der Waals surface area contributed by atoms with E-state index in [1.165, 1.54) is 0 Å². The molecule has 1 aliphatic rings. The second-order valence-corrected chi connectivity index (χ2v) is 5.97. The van der Waals surface area contributed by atoms with Crippen molar-refractivity contribution < 1.29 is 4.74 Å². The summed E-state index contributed by atoms with van der Waals surface area (Å²) < 4.78 is 5.98. The second kappa shape index (κ2) is 6.00. The zero-order valence-electron chi connectivity index (χ0n) is 13.0. The Balaban J connectivity index is 1.53. The number of hydrogen-bond acceptors (Lipinski definition) is 5. The minimum Gasteiger partial charge on any atom is -0.373 e. The molecule has 1 fully saturated rings. The molecule has 7 heteroatoms. The van der Waals surface area contributed by atoms with E-state index in [-0.39, 0.29) is 6.10 Å². The number of aromatic amines is 2. The Labute approximate surface area is 133 Å². The molecule has 0 aromatic carbocycles. The second-order valence-electron chi connectivity index (χ2n) is 5.97. The molecule has 4 rings (SSSR count). The van der Waals surface area contributed by atoms with Gasteiger partial charge in [0.25, 0.3) is 0 Å². The molecule has 0 spiro atoms. The first-order valence-corrected chi connectivity index (χ1v) is 7.97. The van der Waals surface area contributed by atoms with Crippen molar-refractivity contribution in [2.75, 3.05) is 18.5 Å². The van der Waals surface area contributed by atoms with E-state index in [0.29, 0.717) is 5.92 Å². The summed E-state index contributed by atoms with van der Waals surface area (Å²) in [6.07, 6.45) is 7.96. The van der Waals surface area contributed by atoms with E-state index < -0.39 is 0 Å². The van der Waals surface area contributed by atoms with E-state index >= 15 is 0 Å². The summed E-state index contributed by atoms with van der Waals surface area (Å²) in [5.41, 5.74) is 1.98. The van der Waals surface area contributed by atoms with Gasteiger partial charge in [0.1, 0.15) is 17.3 Å². The molecule has 4 heterocycles. The number of fused-ring (bicyclic) bond motifs is 1. The fraction of sp³-hybridized carbons (Fsp3) is 0.438. The van der Waals surface area contributed by atoms with Crippen molar-refractivity contribution in [3.8, 4) is 0 Å². The number of hydrogen-bond donors (Lipinski definition) is 3. The van der Waals surface area contributed by atoms with Crippen LogP contribution in [0.2, 0.25) is 0 Å². The van der Waals surface area contributed by atoms with Gasteiger partial charge >= 0.3 is 0 Å². The van der Waals surface area contributed by atoms with Gasteiger partial charge in [-0.3, -0.25) is 5.10 Å². The maximum Gasteiger partial charge on any atom is 0.143 e. The molecular formula is C16H20N6O. The topological polar surface area (TPSA) is 91.5 Å². The summed E-state index contributed by atoms with van der Waals surface area (Å²) in [5, 5.41) is 11.4. The molecule has 3 N–H and O–H groups in total. The third-order valence-electron chi connectivity index (χ3n) is 4.35. The highest BCUT2D eigenvalue weighted by Crippen LogP contribution is 2.33. The quantitative estimate of drug-likeness (QED) is 0.688. The van der Waals surface area contributed by atoms with Gasteiger partial charge in [-0.15, -0.1) is 0 Å². The van der Waals surface area contributed by atoms with E-state index in [2.05, 4.69) is 30.5 Å². The van der Waals surface area contributed by atoms with Crippen LogP contribution in [0.3, 0.4) is 0 Å². The molecule has 0 saturated carbocycles. The summed E-state index contributed by atoms with van der Waals surface area (Å²) in [6, 6.07) is 2.00. The van der Waals surface area contributed by atoms with Crippen LogP contribution in [0.4, 0.5) is 5.82 Å². The molecular weight excluding hydrogens is 292 g/mol. The maximum absolute atomic E-state index is 5.98. The number of nitrogens with one attached hydrogen (secondary N) is 3. The highest BCUT2D eigenvalue weighted by atomic mass is 16.5. The van der Waals surface area contributed by atoms with Crippen molar-refractivity contribution in [1.29, 1.82) is 0 Å².